The smallest absolute Gasteiger partial charge is 0.227 e. The number of hydrogen-bond donors (Lipinski definition) is 2. The zero-order valence-electron chi connectivity index (χ0n) is 17.0. The Morgan fingerprint density at radius 3 is 2.84 bits per heavy atom. The Balaban J connectivity index is 1.16. The summed E-state index contributed by atoms with van der Waals surface area (Å²) in [5.41, 5.74) is 3.18. The van der Waals surface area contributed by atoms with Gasteiger partial charge in [-0.1, -0.05) is 12.1 Å². The number of piperidine rings is 1. The first kappa shape index (κ1) is 19.5. The predicted octanol–water partition coefficient (Wildman–Crippen LogP) is 4.81. The van der Waals surface area contributed by atoms with Gasteiger partial charge in [-0.25, -0.2) is 9.37 Å². The normalized spacial score (nSPS) is 15.4. The maximum atomic E-state index is 13.4. The second-order valence-corrected chi connectivity index (χ2v) is 7.94. The minimum atomic E-state index is -0.274. The number of halogens is 1. The van der Waals surface area contributed by atoms with Crippen LogP contribution in [0.3, 0.4) is 0 Å². The van der Waals surface area contributed by atoms with Gasteiger partial charge in [0.1, 0.15) is 17.4 Å². The molecule has 5 rings (SSSR count). The van der Waals surface area contributed by atoms with Gasteiger partial charge in [0, 0.05) is 17.2 Å². The second-order valence-electron chi connectivity index (χ2n) is 7.94. The number of aromatic nitrogens is 2. The van der Waals surface area contributed by atoms with E-state index in [0.717, 1.165) is 54.3 Å². The number of anilines is 1. The summed E-state index contributed by atoms with van der Waals surface area (Å²) >= 11 is 0. The quantitative estimate of drug-likeness (QED) is 0.488. The first-order valence-electron chi connectivity index (χ1n) is 10.5. The van der Waals surface area contributed by atoms with Crippen LogP contribution in [0.25, 0.3) is 22.4 Å². The molecule has 1 aliphatic heterocycles. The Bertz CT molecular complexity index is 1190. The van der Waals surface area contributed by atoms with Crippen LogP contribution in [-0.4, -0.2) is 33.9 Å². The average molecular weight is 418 g/mol. The molecule has 158 valence electrons. The van der Waals surface area contributed by atoms with Crippen LogP contribution in [0.1, 0.15) is 18.7 Å². The Morgan fingerprint density at radius 1 is 1.16 bits per heavy atom. The van der Waals surface area contributed by atoms with Gasteiger partial charge in [0.15, 0.2) is 0 Å². The van der Waals surface area contributed by atoms with Gasteiger partial charge in [0.2, 0.25) is 5.91 Å². The monoisotopic (exact) mass is 418 g/mol. The number of carbonyl (C=O) groups excluding carboxylic acids is 1. The molecule has 31 heavy (non-hydrogen) atoms. The number of imidazole rings is 1. The summed E-state index contributed by atoms with van der Waals surface area (Å²) < 4.78 is 18.8. The molecule has 1 aliphatic rings. The molecule has 2 aromatic carbocycles. The number of nitrogens with one attached hydrogen (secondary N) is 2. The molecular formula is C24H23FN4O2. The Hall–Kier alpha value is -3.45. The van der Waals surface area contributed by atoms with Gasteiger partial charge in [-0.2, -0.15) is 0 Å². The SMILES string of the molecule is O=C(Nc1cccc(-c2ccco2)c1)C1CCN(Cc2nc3ccc(F)cc3[nH]2)CC1. The molecule has 2 N–H and O–H groups in total. The standard InChI is InChI=1S/C24H23FN4O2/c25-18-6-7-20-21(14-18)28-23(27-20)15-29-10-8-16(9-11-29)24(30)26-19-4-1-3-17(13-19)22-5-2-12-31-22/h1-7,12-14,16H,8-11,15H2,(H,26,30)(H,27,28). The van der Waals surface area contributed by atoms with Crippen molar-refractivity contribution in [3.8, 4) is 11.3 Å². The summed E-state index contributed by atoms with van der Waals surface area (Å²) in [6.07, 6.45) is 3.22. The van der Waals surface area contributed by atoms with Crippen LogP contribution >= 0.6 is 0 Å². The van der Waals surface area contributed by atoms with Crippen molar-refractivity contribution in [1.82, 2.24) is 14.9 Å². The number of hydrogen-bond acceptors (Lipinski definition) is 4. The molecule has 0 saturated carbocycles. The van der Waals surface area contributed by atoms with Crippen molar-refractivity contribution in [2.24, 2.45) is 5.92 Å². The highest BCUT2D eigenvalue weighted by molar-refractivity contribution is 5.93. The van der Waals surface area contributed by atoms with Gasteiger partial charge in [0.05, 0.1) is 23.8 Å². The first-order valence-corrected chi connectivity index (χ1v) is 10.5. The van der Waals surface area contributed by atoms with Gasteiger partial charge < -0.3 is 14.7 Å². The van der Waals surface area contributed by atoms with Crippen molar-refractivity contribution in [2.45, 2.75) is 19.4 Å². The van der Waals surface area contributed by atoms with Crippen LogP contribution in [-0.2, 0) is 11.3 Å². The summed E-state index contributed by atoms with van der Waals surface area (Å²) in [5.74, 6) is 1.35. The van der Waals surface area contributed by atoms with Crippen LogP contribution in [0, 0.1) is 11.7 Å². The van der Waals surface area contributed by atoms with Crippen molar-refractivity contribution in [3.63, 3.8) is 0 Å². The highest BCUT2D eigenvalue weighted by Gasteiger charge is 2.25. The number of fused-ring (bicyclic) bond motifs is 1. The van der Waals surface area contributed by atoms with Gasteiger partial charge in [-0.3, -0.25) is 9.69 Å². The second kappa shape index (κ2) is 8.35. The molecule has 0 bridgehead atoms. The van der Waals surface area contributed by atoms with Gasteiger partial charge in [0.25, 0.3) is 0 Å². The molecule has 6 nitrogen and oxygen atoms in total. The topological polar surface area (TPSA) is 74.2 Å². The van der Waals surface area contributed by atoms with E-state index in [2.05, 4.69) is 20.2 Å². The van der Waals surface area contributed by atoms with Crippen molar-refractivity contribution < 1.29 is 13.6 Å². The third kappa shape index (κ3) is 4.36. The number of H-pyrrole nitrogens is 1. The number of amides is 1. The summed E-state index contributed by atoms with van der Waals surface area (Å²) in [4.78, 5) is 22.8. The van der Waals surface area contributed by atoms with E-state index in [-0.39, 0.29) is 17.6 Å². The van der Waals surface area contributed by atoms with E-state index >= 15 is 0 Å². The van der Waals surface area contributed by atoms with Crippen LogP contribution in [0.4, 0.5) is 10.1 Å². The number of rotatable bonds is 5. The molecule has 0 radical (unpaired) electrons. The lowest BCUT2D eigenvalue weighted by Crippen LogP contribution is -2.38. The van der Waals surface area contributed by atoms with E-state index in [1.807, 2.05) is 36.4 Å². The maximum absolute atomic E-state index is 13.4. The van der Waals surface area contributed by atoms with E-state index in [1.165, 1.54) is 12.1 Å². The number of aromatic amines is 1. The Morgan fingerprint density at radius 2 is 2.03 bits per heavy atom. The molecule has 1 amide bonds. The van der Waals surface area contributed by atoms with E-state index in [0.29, 0.717) is 12.1 Å². The number of benzene rings is 2. The lowest BCUT2D eigenvalue weighted by molar-refractivity contribution is -0.121. The van der Waals surface area contributed by atoms with Gasteiger partial charge >= 0.3 is 0 Å². The summed E-state index contributed by atoms with van der Waals surface area (Å²) in [6.45, 7) is 2.29. The number of likely N-dealkylation sites (tertiary alicyclic amines) is 1. The van der Waals surface area contributed by atoms with E-state index in [9.17, 15) is 9.18 Å². The number of carbonyl (C=O) groups is 1. The lowest BCUT2D eigenvalue weighted by Gasteiger charge is -2.30. The molecule has 3 heterocycles. The fraction of sp³-hybridized carbons (Fsp3) is 0.250. The average Bonchev–Trinajstić information content (AvgIpc) is 3.44. The van der Waals surface area contributed by atoms with Crippen LogP contribution in [0.5, 0.6) is 0 Å². The first-order chi connectivity index (χ1) is 15.1. The zero-order valence-corrected chi connectivity index (χ0v) is 17.0. The van der Waals surface area contributed by atoms with E-state index in [1.54, 1.807) is 12.3 Å². The molecule has 4 aromatic rings. The molecule has 0 atom stereocenters. The highest BCUT2D eigenvalue weighted by atomic mass is 19.1. The number of nitrogens with zero attached hydrogens (tertiary/aromatic N) is 2. The molecule has 2 aromatic heterocycles. The van der Waals surface area contributed by atoms with Gasteiger partial charge in [-0.15, -0.1) is 0 Å². The molecule has 1 fully saturated rings. The summed E-state index contributed by atoms with van der Waals surface area (Å²) in [5, 5.41) is 3.05. The van der Waals surface area contributed by atoms with Crippen LogP contribution in [0.15, 0.2) is 65.3 Å². The zero-order chi connectivity index (χ0) is 21.2. The molecule has 0 aliphatic carbocycles. The predicted molar refractivity (Wildman–Crippen MR) is 117 cm³/mol. The maximum Gasteiger partial charge on any atom is 0.227 e. The fourth-order valence-corrected chi connectivity index (χ4v) is 4.11. The largest absolute Gasteiger partial charge is 0.464 e. The third-order valence-electron chi connectivity index (χ3n) is 5.76. The molecule has 1 saturated heterocycles. The summed E-state index contributed by atoms with van der Waals surface area (Å²) in [7, 11) is 0. The highest BCUT2D eigenvalue weighted by Crippen LogP contribution is 2.25. The third-order valence-corrected chi connectivity index (χ3v) is 5.76. The van der Waals surface area contributed by atoms with Crippen molar-refractivity contribution in [1.29, 1.82) is 0 Å². The lowest BCUT2D eigenvalue weighted by atomic mass is 9.95. The minimum absolute atomic E-state index is 0.0201. The van der Waals surface area contributed by atoms with Crippen molar-refractivity contribution in [2.75, 3.05) is 18.4 Å². The number of furan rings is 1. The van der Waals surface area contributed by atoms with E-state index in [4.69, 9.17) is 4.42 Å². The summed E-state index contributed by atoms with van der Waals surface area (Å²) in [6, 6.07) is 16.0. The van der Waals surface area contributed by atoms with E-state index < -0.39 is 0 Å². The minimum Gasteiger partial charge on any atom is -0.464 e. The van der Waals surface area contributed by atoms with Crippen molar-refractivity contribution in [3.05, 3.63) is 72.5 Å². The van der Waals surface area contributed by atoms with Crippen LogP contribution < -0.4 is 5.32 Å². The molecule has 0 spiro atoms. The molecule has 0 unspecified atom stereocenters. The Kier molecular flexibility index (Phi) is 5.26. The fourth-order valence-electron chi connectivity index (χ4n) is 4.11. The Labute approximate surface area is 179 Å². The van der Waals surface area contributed by atoms with Gasteiger partial charge in [-0.05, 0) is 68.4 Å². The molecular weight excluding hydrogens is 395 g/mol. The van der Waals surface area contributed by atoms with Crippen molar-refractivity contribution >= 4 is 22.6 Å². The van der Waals surface area contributed by atoms with Crippen LogP contribution in [0.2, 0.25) is 0 Å². The molecule has 7 heteroatoms.